The number of carbonyl (C=O) groups excluding carboxylic acids is 2. The largest absolute Gasteiger partial charge is 1.00 e. The monoisotopic (exact) mass is 328 g/mol. The van der Waals surface area contributed by atoms with Crippen molar-refractivity contribution in [3.05, 3.63) is 29.8 Å². The maximum atomic E-state index is 12.0. The van der Waals surface area contributed by atoms with E-state index in [-0.39, 0.29) is 36.8 Å². The summed E-state index contributed by atoms with van der Waals surface area (Å²) in [6.45, 7) is 6.60. The quantitative estimate of drug-likeness (QED) is 0.365. The summed E-state index contributed by atoms with van der Waals surface area (Å²) < 4.78 is 10.3. The van der Waals surface area contributed by atoms with Gasteiger partial charge in [0.2, 0.25) is 0 Å². The highest BCUT2D eigenvalue weighted by Gasteiger charge is 2.07. The second kappa shape index (κ2) is 11.0. The Labute approximate surface area is 137 Å². The summed E-state index contributed by atoms with van der Waals surface area (Å²) in [5.41, 5.74) is 0.643. The normalized spacial score (nSPS) is 10.0. The van der Waals surface area contributed by atoms with E-state index < -0.39 is 0 Å². The molecule has 1 rings (SSSR count). The minimum absolute atomic E-state index is 0. The molecule has 0 spiro atoms. The zero-order valence-corrected chi connectivity index (χ0v) is 14.0. The second-order valence-corrected chi connectivity index (χ2v) is 4.85. The third-order valence-corrected chi connectivity index (χ3v) is 2.65. The molecule has 22 heavy (non-hydrogen) atoms. The Hall–Kier alpha value is -1.59. The first-order chi connectivity index (χ1) is 10.0. The summed E-state index contributed by atoms with van der Waals surface area (Å²) in [7, 11) is 0. The lowest BCUT2D eigenvalue weighted by molar-refractivity contribution is -0.142. The minimum Gasteiger partial charge on any atom is -1.00 e. The first-order valence-corrected chi connectivity index (χ1v) is 7.19. The summed E-state index contributed by atoms with van der Waals surface area (Å²) >= 11 is 0. The number of Topliss-reactive ketones (excluding diaryl/α,β-unsaturated/α-hetero) is 1. The molecule has 0 heterocycles. The van der Waals surface area contributed by atoms with Gasteiger partial charge in [-0.3, -0.25) is 9.59 Å². The van der Waals surface area contributed by atoms with Gasteiger partial charge in [-0.1, -0.05) is 0 Å². The van der Waals surface area contributed by atoms with Gasteiger partial charge in [-0.05, 0) is 45.0 Å². The Morgan fingerprint density at radius 1 is 1.18 bits per heavy atom. The first-order valence-electron chi connectivity index (χ1n) is 7.19. The van der Waals surface area contributed by atoms with E-state index >= 15 is 0 Å². The lowest BCUT2D eigenvalue weighted by Gasteiger charge is -2.10. The molecule has 1 N–H and O–H groups in total. The van der Waals surface area contributed by atoms with E-state index in [1.165, 1.54) is 0 Å². The van der Waals surface area contributed by atoms with Gasteiger partial charge in [-0.2, -0.15) is 0 Å². The van der Waals surface area contributed by atoms with E-state index in [0.717, 1.165) is 5.75 Å². The average molecular weight is 329 g/mol. The fourth-order valence-corrected chi connectivity index (χ4v) is 1.74. The fourth-order valence-electron chi connectivity index (χ4n) is 1.74. The summed E-state index contributed by atoms with van der Waals surface area (Å²) in [6, 6.07) is 7.09. The number of ether oxygens (including phenoxy) is 2. The number of carbonyl (C=O) groups is 2. The van der Waals surface area contributed by atoms with Gasteiger partial charge in [-0.15, -0.1) is 0 Å². The summed E-state index contributed by atoms with van der Waals surface area (Å²) in [4.78, 5) is 23.1. The fraction of sp³-hybridized carbons (Fsp3) is 0.500. The van der Waals surface area contributed by atoms with Crippen LogP contribution < -0.4 is 22.5 Å². The van der Waals surface area contributed by atoms with E-state index in [9.17, 15) is 9.59 Å². The van der Waals surface area contributed by atoms with Gasteiger partial charge >= 0.3 is 5.97 Å². The van der Waals surface area contributed by atoms with Gasteiger partial charge in [0.05, 0.1) is 19.3 Å². The number of hydrogen-bond donors (Lipinski definition) is 1. The molecule has 6 heteroatoms. The molecule has 5 nitrogen and oxygen atoms in total. The molecule has 124 valence electrons. The topological polar surface area (TPSA) is 64.6 Å². The van der Waals surface area contributed by atoms with Crippen LogP contribution >= 0.6 is 0 Å². The molecule has 1 aromatic rings. The molecule has 0 saturated carbocycles. The van der Waals surface area contributed by atoms with Crippen LogP contribution in [0.4, 0.5) is 0 Å². The van der Waals surface area contributed by atoms with Crippen molar-refractivity contribution >= 4 is 11.8 Å². The predicted molar refractivity (Wildman–Crippen MR) is 80.7 cm³/mol. The third kappa shape index (κ3) is 8.00. The smallest absolute Gasteiger partial charge is 0.319 e. The lowest BCUT2D eigenvalue weighted by Crippen LogP contribution is -3.00. The van der Waals surface area contributed by atoms with Crippen molar-refractivity contribution in [2.24, 2.45) is 0 Å². The Morgan fingerprint density at radius 3 is 2.36 bits per heavy atom. The molecule has 0 aliphatic heterocycles. The van der Waals surface area contributed by atoms with Crippen LogP contribution in [0.25, 0.3) is 0 Å². The molecular formula is C16H23ClNO4-. The number of rotatable bonds is 9. The molecule has 0 saturated heterocycles. The predicted octanol–water partition coefficient (Wildman–Crippen LogP) is -0.797. The zero-order valence-electron chi connectivity index (χ0n) is 13.2. The van der Waals surface area contributed by atoms with E-state index in [4.69, 9.17) is 9.47 Å². The molecule has 0 radical (unpaired) electrons. The lowest BCUT2D eigenvalue weighted by atomic mass is 10.1. The maximum Gasteiger partial charge on any atom is 0.319 e. The molecule has 0 unspecified atom stereocenters. The van der Waals surface area contributed by atoms with Crippen LogP contribution in [0.2, 0.25) is 0 Å². The Morgan fingerprint density at radius 2 is 1.82 bits per heavy atom. The summed E-state index contributed by atoms with van der Waals surface area (Å²) in [6.07, 6.45) is 0.447. The highest BCUT2D eigenvalue weighted by Crippen LogP contribution is 2.14. The molecule has 0 bridgehead atoms. The van der Waals surface area contributed by atoms with Crippen LogP contribution in [0.3, 0.4) is 0 Å². The Balaban J connectivity index is 0.00000441. The standard InChI is InChI=1S/C16H23NO4.ClH/c1-4-20-16(19)11-17-10-9-15(18)13-5-7-14(8-6-13)21-12(2)3;/h5-8,12,17H,4,9-11H2,1-3H3;1H/p-1. The van der Waals surface area contributed by atoms with Gasteiger partial charge in [0.25, 0.3) is 0 Å². The van der Waals surface area contributed by atoms with Crippen LogP contribution in [0.1, 0.15) is 37.6 Å². The van der Waals surface area contributed by atoms with Gasteiger partial charge < -0.3 is 27.2 Å². The van der Waals surface area contributed by atoms with Crippen molar-refractivity contribution in [1.82, 2.24) is 5.32 Å². The molecule has 1 aromatic carbocycles. The summed E-state index contributed by atoms with van der Waals surface area (Å²) in [5.74, 6) is 0.476. The van der Waals surface area contributed by atoms with Crippen molar-refractivity contribution < 1.29 is 31.5 Å². The molecular weight excluding hydrogens is 306 g/mol. The average Bonchev–Trinajstić information content (AvgIpc) is 2.44. The molecule has 0 aliphatic carbocycles. The highest BCUT2D eigenvalue weighted by atomic mass is 35.5. The number of esters is 1. The van der Waals surface area contributed by atoms with Gasteiger partial charge in [-0.25, -0.2) is 0 Å². The second-order valence-electron chi connectivity index (χ2n) is 4.85. The van der Waals surface area contributed by atoms with E-state index in [2.05, 4.69) is 5.32 Å². The van der Waals surface area contributed by atoms with E-state index in [1.807, 2.05) is 13.8 Å². The van der Waals surface area contributed by atoms with Gasteiger partial charge in [0.1, 0.15) is 5.75 Å². The number of hydrogen-bond acceptors (Lipinski definition) is 5. The van der Waals surface area contributed by atoms with Crippen LogP contribution in [0, 0.1) is 0 Å². The number of nitrogens with one attached hydrogen (secondary N) is 1. The van der Waals surface area contributed by atoms with Crippen LogP contribution in [0.15, 0.2) is 24.3 Å². The highest BCUT2D eigenvalue weighted by molar-refractivity contribution is 5.96. The minimum atomic E-state index is -0.305. The summed E-state index contributed by atoms with van der Waals surface area (Å²) in [5, 5.41) is 2.89. The number of halogens is 1. The molecule has 0 aliphatic rings. The molecule has 0 atom stereocenters. The Kier molecular flexibility index (Phi) is 10.2. The SMILES string of the molecule is CCOC(=O)CNCCC(=O)c1ccc(OC(C)C)cc1.[Cl-]. The molecule has 0 aromatic heterocycles. The Bertz CT molecular complexity index is 460. The van der Waals surface area contributed by atoms with Crippen molar-refractivity contribution in [3.63, 3.8) is 0 Å². The van der Waals surface area contributed by atoms with Crippen molar-refractivity contribution in [2.75, 3.05) is 19.7 Å². The van der Waals surface area contributed by atoms with Crippen molar-refractivity contribution in [1.29, 1.82) is 0 Å². The van der Waals surface area contributed by atoms with E-state index in [0.29, 0.717) is 25.1 Å². The van der Waals surface area contributed by atoms with Crippen molar-refractivity contribution in [3.8, 4) is 5.75 Å². The van der Waals surface area contributed by atoms with Gasteiger partial charge in [0.15, 0.2) is 5.78 Å². The first kappa shape index (κ1) is 20.4. The van der Waals surface area contributed by atoms with E-state index in [1.54, 1.807) is 31.2 Å². The maximum absolute atomic E-state index is 12.0. The number of benzene rings is 1. The molecule has 0 amide bonds. The van der Waals surface area contributed by atoms with Crippen LogP contribution in [-0.2, 0) is 9.53 Å². The van der Waals surface area contributed by atoms with Crippen molar-refractivity contribution in [2.45, 2.75) is 33.3 Å². The number of ketones is 1. The van der Waals surface area contributed by atoms with Gasteiger partial charge in [0, 0.05) is 18.5 Å². The van der Waals surface area contributed by atoms with Crippen LogP contribution in [-0.4, -0.2) is 37.6 Å². The third-order valence-electron chi connectivity index (χ3n) is 2.65. The molecule has 0 fully saturated rings. The zero-order chi connectivity index (χ0) is 15.7. The van der Waals surface area contributed by atoms with Crippen LogP contribution in [0.5, 0.6) is 5.75 Å².